The second-order valence-corrected chi connectivity index (χ2v) is 6.47. The third-order valence-electron chi connectivity index (χ3n) is 3.09. The van der Waals surface area contributed by atoms with E-state index in [1.165, 1.54) is 6.07 Å². The molecule has 2 rings (SSSR count). The predicted molar refractivity (Wildman–Crippen MR) is 77.5 cm³/mol. The number of nitrogens with zero attached hydrogens (tertiary/aromatic N) is 2. The first-order chi connectivity index (χ1) is 9.06. The molecule has 1 aromatic carbocycles. The van der Waals surface area contributed by atoms with Crippen molar-refractivity contribution in [1.82, 2.24) is 9.55 Å². The second kappa shape index (κ2) is 6.01. The lowest BCUT2D eigenvalue weighted by molar-refractivity contribution is 0.620. The van der Waals surface area contributed by atoms with Crippen LogP contribution in [0.4, 0.5) is 4.39 Å². The van der Waals surface area contributed by atoms with Gasteiger partial charge in [0, 0.05) is 34.9 Å². The van der Waals surface area contributed by atoms with Crippen LogP contribution in [0.25, 0.3) is 11.0 Å². The normalized spacial score (nSPS) is 13.1. The fourth-order valence-corrected chi connectivity index (χ4v) is 2.87. The quantitative estimate of drug-likeness (QED) is 0.796. The summed E-state index contributed by atoms with van der Waals surface area (Å²) in [5.74, 6) is 1.87. The van der Waals surface area contributed by atoms with Gasteiger partial charge in [-0.25, -0.2) is 9.37 Å². The molecule has 104 valence electrons. The molecule has 1 heterocycles. The zero-order valence-corrected chi connectivity index (χ0v) is 12.5. The van der Waals surface area contributed by atoms with Crippen molar-refractivity contribution in [2.45, 2.75) is 26.3 Å². The first-order valence-corrected chi connectivity index (χ1v) is 8.15. The smallest absolute Gasteiger partial charge is 0.128 e. The van der Waals surface area contributed by atoms with Gasteiger partial charge in [-0.1, -0.05) is 6.92 Å². The van der Waals surface area contributed by atoms with Gasteiger partial charge in [-0.15, -0.1) is 11.6 Å². The van der Waals surface area contributed by atoms with Gasteiger partial charge in [0.15, 0.2) is 0 Å². The number of benzene rings is 1. The lowest BCUT2D eigenvalue weighted by atomic mass is 10.2. The summed E-state index contributed by atoms with van der Waals surface area (Å²) in [7, 11) is -0.840. The van der Waals surface area contributed by atoms with Crippen molar-refractivity contribution in [3.05, 3.63) is 29.3 Å². The number of alkyl halides is 1. The van der Waals surface area contributed by atoms with Crippen LogP contribution in [0.1, 0.15) is 18.3 Å². The maximum atomic E-state index is 13.5. The summed E-state index contributed by atoms with van der Waals surface area (Å²) in [6.45, 7) is 4.20. The van der Waals surface area contributed by atoms with Gasteiger partial charge in [-0.3, -0.25) is 4.21 Å². The molecule has 0 aliphatic rings. The summed E-state index contributed by atoms with van der Waals surface area (Å²) in [6, 6.07) is 3.19. The lowest BCUT2D eigenvalue weighted by Crippen LogP contribution is -2.11. The predicted octanol–water partition coefficient (Wildman–Crippen LogP) is 2.99. The monoisotopic (exact) mass is 302 g/mol. The average Bonchev–Trinajstić information content (AvgIpc) is 2.73. The molecule has 0 fully saturated rings. The fraction of sp³-hybridized carbons (Fsp3) is 0.462. The molecule has 0 amide bonds. The van der Waals surface area contributed by atoms with E-state index in [2.05, 4.69) is 4.98 Å². The Labute approximate surface area is 119 Å². The Morgan fingerprint density at radius 1 is 1.47 bits per heavy atom. The molecule has 0 aliphatic carbocycles. The van der Waals surface area contributed by atoms with Crippen LogP contribution in [-0.2, 0) is 23.2 Å². The number of fused-ring (bicyclic) bond motifs is 1. The van der Waals surface area contributed by atoms with Gasteiger partial charge in [-0.05, 0) is 18.6 Å². The van der Waals surface area contributed by atoms with Gasteiger partial charge in [0.25, 0.3) is 0 Å². The van der Waals surface area contributed by atoms with Crippen molar-refractivity contribution in [2.75, 3.05) is 11.5 Å². The SMILES string of the molecule is CCS(=O)CCn1c(CCl)nc2cc(F)c(C)cc21. The summed E-state index contributed by atoms with van der Waals surface area (Å²) in [4.78, 5) is 4.33. The van der Waals surface area contributed by atoms with E-state index in [-0.39, 0.29) is 11.7 Å². The molecule has 1 atom stereocenters. The summed E-state index contributed by atoms with van der Waals surface area (Å²) in [5, 5.41) is 0. The molecular formula is C13H16ClFN2OS. The van der Waals surface area contributed by atoms with Gasteiger partial charge in [0.05, 0.1) is 16.9 Å². The Bertz CT molecular complexity index is 627. The second-order valence-electron chi connectivity index (χ2n) is 4.34. The zero-order chi connectivity index (χ0) is 14.0. The van der Waals surface area contributed by atoms with E-state index < -0.39 is 10.8 Å². The standard InChI is InChI=1S/C13H16ClFN2OS/c1-3-19(18)5-4-17-12-6-9(2)10(15)7-11(12)16-13(17)8-14/h6-7H,3-5,8H2,1-2H3. The Morgan fingerprint density at radius 2 is 2.21 bits per heavy atom. The molecule has 0 N–H and O–H groups in total. The van der Waals surface area contributed by atoms with Crippen LogP contribution >= 0.6 is 11.6 Å². The number of hydrogen-bond acceptors (Lipinski definition) is 2. The molecule has 0 saturated heterocycles. The number of hydrogen-bond donors (Lipinski definition) is 0. The van der Waals surface area contributed by atoms with Gasteiger partial charge in [0.1, 0.15) is 11.6 Å². The van der Waals surface area contributed by atoms with Crippen LogP contribution in [0.2, 0.25) is 0 Å². The van der Waals surface area contributed by atoms with Crippen LogP contribution in [0.15, 0.2) is 12.1 Å². The van der Waals surface area contributed by atoms with E-state index in [0.717, 1.165) is 5.52 Å². The van der Waals surface area contributed by atoms with Crippen molar-refractivity contribution in [1.29, 1.82) is 0 Å². The highest BCUT2D eigenvalue weighted by Gasteiger charge is 2.12. The van der Waals surface area contributed by atoms with E-state index in [9.17, 15) is 8.60 Å². The molecule has 19 heavy (non-hydrogen) atoms. The molecule has 0 aliphatic heterocycles. The largest absolute Gasteiger partial charge is 0.326 e. The molecule has 0 spiro atoms. The summed E-state index contributed by atoms with van der Waals surface area (Å²) in [6.07, 6.45) is 0. The number of aromatic nitrogens is 2. The number of aryl methyl sites for hydroxylation is 2. The van der Waals surface area contributed by atoms with Crippen LogP contribution in [0.5, 0.6) is 0 Å². The zero-order valence-electron chi connectivity index (χ0n) is 10.9. The Kier molecular flexibility index (Phi) is 4.58. The van der Waals surface area contributed by atoms with E-state index in [4.69, 9.17) is 11.6 Å². The summed E-state index contributed by atoms with van der Waals surface area (Å²) in [5.41, 5.74) is 2.02. The highest BCUT2D eigenvalue weighted by atomic mass is 35.5. The van der Waals surface area contributed by atoms with E-state index in [1.54, 1.807) is 13.0 Å². The summed E-state index contributed by atoms with van der Waals surface area (Å²) >= 11 is 5.88. The van der Waals surface area contributed by atoms with Gasteiger partial charge in [-0.2, -0.15) is 0 Å². The first kappa shape index (κ1) is 14.5. The van der Waals surface area contributed by atoms with Gasteiger partial charge >= 0.3 is 0 Å². The van der Waals surface area contributed by atoms with Crippen molar-refractivity contribution in [2.24, 2.45) is 0 Å². The minimum absolute atomic E-state index is 0.258. The third kappa shape index (κ3) is 2.98. The third-order valence-corrected chi connectivity index (χ3v) is 4.61. The molecule has 1 unspecified atom stereocenters. The number of halogens is 2. The van der Waals surface area contributed by atoms with Crippen LogP contribution in [0, 0.1) is 12.7 Å². The molecule has 0 bridgehead atoms. The van der Waals surface area contributed by atoms with Gasteiger partial charge in [0.2, 0.25) is 0 Å². The highest BCUT2D eigenvalue weighted by molar-refractivity contribution is 7.84. The Hall–Kier alpha value is -0.940. The van der Waals surface area contributed by atoms with E-state index in [1.807, 2.05) is 11.5 Å². The lowest BCUT2D eigenvalue weighted by Gasteiger charge is -2.07. The summed E-state index contributed by atoms with van der Waals surface area (Å²) < 4.78 is 27.0. The maximum Gasteiger partial charge on any atom is 0.128 e. The minimum Gasteiger partial charge on any atom is -0.326 e. The molecule has 0 saturated carbocycles. The number of rotatable bonds is 5. The maximum absolute atomic E-state index is 13.5. The van der Waals surface area contributed by atoms with Gasteiger partial charge < -0.3 is 4.57 Å². The highest BCUT2D eigenvalue weighted by Crippen LogP contribution is 2.21. The van der Waals surface area contributed by atoms with Crippen molar-refractivity contribution in [3.8, 4) is 0 Å². The van der Waals surface area contributed by atoms with Crippen molar-refractivity contribution < 1.29 is 8.60 Å². The van der Waals surface area contributed by atoms with E-state index in [0.29, 0.717) is 35.0 Å². The van der Waals surface area contributed by atoms with E-state index >= 15 is 0 Å². The van der Waals surface area contributed by atoms with Crippen LogP contribution in [-0.4, -0.2) is 25.3 Å². The number of imidazole rings is 1. The van der Waals surface area contributed by atoms with Crippen LogP contribution in [0.3, 0.4) is 0 Å². The Morgan fingerprint density at radius 3 is 2.84 bits per heavy atom. The first-order valence-electron chi connectivity index (χ1n) is 6.13. The van der Waals surface area contributed by atoms with Crippen molar-refractivity contribution >= 4 is 33.4 Å². The minimum atomic E-state index is -0.840. The molecule has 0 radical (unpaired) electrons. The van der Waals surface area contributed by atoms with Crippen molar-refractivity contribution in [3.63, 3.8) is 0 Å². The fourth-order valence-electron chi connectivity index (χ4n) is 1.99. The molecule has 2 aromatic rings. The Balaban J connectivity index is 2.44. The average molecular weight is 303 g/mol. The molecule has 6 heteroatoms. The molecule has 1 aromatic heterocycles. The molecular weight excluding hydrogens is 287 g/mol. The topological polar surface area (TPSA) is 34.9 Å². The molecule has 3 nitrogen and oxygen atoms in total. The van der Waals surface area contributed by atoms with Crippen LogP contribution < -0.4 is 0 Å².